The van der Waals surface area contributed by atoms with E-state index in [1.165, 1.54) is 10.4 Å². The van der Waals surface area contributed by atoms with Crippen LogP contribution in [0.5, 0.6) is 0 Å². The van der Waals surface area contributed by atoms with E-state index in [0.29, 0.717) is 13.1 Å². The molecule has 8 heteroatoms. The minimum atomic E-state index is -3.96. The standard InChI is InChI=1S/C13H19ClFN3O2S/c1-13(2)8-18(5-4-17(13)3)21(19,20)11-7-9(14)6-10(16)12(11)15/h6-7H,4-5,8,16H2,1-3H3. The molecule has 1 aliphatic rings. The fourth-order valence-electron chi connectivity index (χ4n) is 2.31. The Kier molecular flexibility index (Phi) is 4.23. The molecule has 5 nitrogen and oxygen atoms in total. The molecule has 2 rings (SSSR count). The van der Waals surface area contributed by atoms with E-state index < -0.39 is 20.7 Å². The van der Waals surface area contributed by atoms with Gasteiger partial charge in [-0.2, -0.15) is 4.31 Å². The van der Waals surface area contributed by atoms with E-state index in [9.17, 15) is 12.8 Å². The van der Waals surface area contributed by atoms with Crippen LogP contribution in [0.3, 0.4) is 0 Å². The van der Waals surface area contributed by atoms with E-state index in [-0.39, 0.29) is 22.8 Å². The van der Waals surface area contributed by atoms with Gasteiger partial charge in [-0.15, -0.1) is 0 Å². The van der Waals surface area contributed by atoms with E-state index in [0.717, 1.165) is 6.07 Å². The fourth-order valence-corrected chi connectivity index (χ4v) is 4.31. The molecule has 0 radical (unpaired) electrons. The zero-order chi connectivity index (χ0) is 16.0. The van der Waals surface area contributed by atoms with Crippen LogP contribution in [0.25, 0.3) is 0 Å². The number of hydrogen-bond donors (Lipinski definition) is 1. The first-order chi connectivity index (χ1) is 9.55. The molecule has 0 atom stereocenters. The van der Waals surface area contributed by atoms with Gasteiger partial charge in [0.1, 0.15) is 4.90 Å². The number of nitrogens with two attached hydrogens (primary N) is 1. The molecule has 0 unspecified atom stereocenters. The van der Waals surface area contributed by atoms with Gasteiger partial charge in [-0.3, -0.25) is 4.90 Å². The molecule has 0 aliphatic carbocycles. The summed E-state index contributed by atoms with van der Waals surface area (Å²) in [5.41, 5.74) is 4.88. The molecule has 118 valence electrons. The second kappa shape index (κ2) is 5.39. The Balaban J connectivity index is 2.44. The van der Waals surface area contributed by atoms with Gasteiger partial charge in [0, 0.05) is 30.2 Å². The number of nitrogen functional groups attached to an aromatic ring is 1. The summed E-state index contributed by atoms with van der Waals surface area (Å²) in [5, 5.41) is 0.0980. The molecule has 1 aromatic rings. The predicted molar refractivity (Wildman–Crippen MR) is 81.3 cm³/mol. The molecule has 1 fully saturated rings. The van der Waals surface area contributed by atoms with Crippen molar-refractivity contribution in [3.63, 3.8) is 0 Å². The summed E-state index contributed by atoms with van der Waals surface area (Å²) in [6.07, 6.45) is 0. The van der Waals surface area contributed by atoms with Crippen LogP contribution in [0, 0.1) is 5.82 Å². The van der Waals surface area contributed by atoms with Gasteiger partial charge in [-0.1, -0.05) is 11.6 Å². The van der Waals surface area contributed by atoms with Crippen LogP contribution in [0.2, 0.25) is 5.02 Å². The third-order valence-corrected chi connectivity index (χ3v) is 5.99. The Morgan fingerprint density at radius 1 is 1.33 bits per heavy atom. The molecule has 1 aromatic carbocycles. The van der Waals surface area contributed by atoms with Gasteiger partial charge in [-0.25, -0.2) is 12.8 Å². The lowest BCUT2D eigenvalue weighted by molar-refractivity contribution is 0.0800. The minimum absolute atomic E-state index is 0.0980. The first-order valence-electron chi connectivity index (χ1n) is 6.51. The molecular weight excluding hydrogens is 317 g/mol. The predicted octanol–water partition coefficient (Wildman–Crippen LogP) is 1.78. The molecular formula is C13H19ClFN3O2S. The number of sulfonamides is 1. The Hall–Kier alpha value is -0.890. The van der Waals surface area contributed by atoms with Gasteiger partial charge in [-0.05, 0) is 33.0 Å². The quantitative estimate of drug-likeness (QED) is 0.837. The monoisotopic (exact) mass is 335 g/mol. The number of halogens is 2. The maximum absolute atomic E-state index is 14.1. The van der Waals surface area contributed by atoms with Gasteiger partial charge in [0.05, 0.1) is 5.69 Å². The van der Waals surface area contributed by atoms with Crippen molar-refractivity contribution in [1.82, 2.24) is 9.21 Å². The van der Waals surface area contributed by atoms with Crippen LogP contribution in [-0.2, 0) is 10.0 Å². The summed E-state index contributed by atoms with van der Waals surface area (Å²) >= 11 is 5.81. The average Bonchev–Trinajstić information content (AvgIpc) is 2.36. The molecule has 2 N–H and O–H groups in total. The van der Waals surface area contributed by atoms with Gasteiger partial charge in [0.15, 0.2) is 5.82 Å². The summed E-state index contributed by atoms with van der Waals surface area (Å²) in [7, 11) is -2.03. The third kappa shape index (κ3) is 3.01. The lowest BCUT2D eigenvalue weighted by Gasteiger charge is -2.44. The van der Waals surface area contributed by atoms with Crippen LogP contribution in [0.4, 0.5) is 10.1 Å². The number of likely N-dealkylation sites (N-methyl/N-ethyl adjacent to an activating group) is 1. The van der Waals surface area contributed by atoms with Crippen molar-refractivity contribution in [2.45, 2.75) is 24.3 Å². The van der Waals surface area contributed by atoms with Crippen molar-refractivity contribution < 1.29 is 12.8 Å². The van der Waals surface area contributed by atoms with Crippen molar-refractivity contribution in [3.8, 4) is 0 Å². The number of piperazine rings is 1. The number of rotatable bonds is 2. The number of hydrogen-bond acceptors (Lipinski definition) is 4. The van der Waals surface area contributed by atoms with Crippen molar-refractivity contribution in [2.24, 2.45) is 0 Å². The highest BCUT2D eigenvalue weighted by Crippen LogP contribution is 2.30. The Morgan fingerprint density at radius 3 is 2.52 bits per heavy atom. The highest BCUT2D eigenvalue weighted by atomic mass is 35.5. The van der Waals surface area contributed by atoms with E-state index in [1.807, 2.05) is 20.9 Å². The second-order valence-electron chi connectivity index (χ2n) is 5.88. The Morgan fingerprint density at radius 2 is 1.95 bits per heavy atom. The van der Waals surface area contributed by atoms with E-state index in [4.69, 9.17) is 17.3 Å². The maximum atomic E-state index is 14.1. The van der Waals surface area contributed by atoms with Crippen LogP contribution in [-0.4, -0.2) is 49.8 Å². The van der Waals surface area contributed by atoms with Crippen LogP contribution >= 0.6 is 11.6 Å². The maximum Gasteiger partial charge on any atom is 0.246 e. The summed E-state index contributed by atoms with van der Waals surface area (Å²) in [5.74, 6) is -0.948. The molecule has 0 saturated carbocycles. The molecule has 0 aromatic heterocycles. The summed E-state index contributed by atoms with van der Waals surface area (Å²) < 4.78 is 40.7. The summed E-state index contributed by atoms with van der Waals surface area (Å²) in [4.78, 5) is 1.61. The Labute approximate surface area is 129 Å². The van der Waals surface area contributed by atoms with Crippen molar-refractivity contribution in [1.29, 1.82) is 0 Å². The molecule has 1 saturated heterocycles. The zero-order valence-electron chi connectivity index (χ0n) is 12.2. The molecule has 0 bridgehead atoms. The smallest absolute Gasteiger partial charge is 0.246 e. The van der Waals surface area contributed by atoms with E-state index >= 15 is 0 Å². The normalized spacial score (nSPS) is 20.6. The second-order valence-corrected chi connectivity index (χ2v) is 8.22. The topological polar surface area (TPSA) is 66.6 Å². The first kappa shape index (κ1) is 16.5. The minimum Gasteiger partial charge on any atom is -0.396 e. The largest absolute Gasteiger partial charge is 0.396 e. The van der Waals surface area contributed by atoms with E-state index in [2.05, 4.69) is 4.90 Å². The van der Waals surface area contributed by atoms with Crippen molar-refractivity contribution in [3.05, 3.63) is 23.0 Å². The van der Waals surface area contributed by atoms with Crippen molar-refractivity contribution in [2.75, 3.05) is 32.4 Å². The SMILES string of the molecule is CN1CCN(S(=O)(=O)c2cc(Cl)cc(N)c2F)CC1(C)C. The molecule has 1 aliphatic heterocycles. The fraction of sp³-hybridized carbons (Fsp3) is 0.538. The number of nitrogens with zero attached hydrogens (tertiary/aromatic N) is 2. The van der Waals surface area contributed by atoms with Gasteiger partial charge in [0.2, 0.25) is 10.0 Å². The summed E-state index contributed by atoms with van der Waals surface area (Å²) in [6, 6.07) is 2.30. The summed E-state index contributed by atoms with van der Waals surface area (Å²) in [6.45, 7) is 5.03. The van der Waals surface area contributed by atoms with E-state index in [1.54, 1.807) is 0 Å². The van der Waals surface area contributed by atoms with Crippen LogP contribution < -0.4 is 5.73 Å². The first-order valence-corrected chi connectivity index (χ1v) is 8.33. The lowest BCUT2D eigenvalue weighted by atomic mass is 10.0. The van der Waals surface area contributed by atoms with Gasteiger partial charge < -0.3 is 5.73 Å². The number of benzene rings is 1. The average molecular weight is 336 g/mol. The molecule has 1 heterocycles. The highest BCUT2D eigenvalue weighted by molar-refractivity contribution is 7.89. The molecule has 21 heavy (non-hydrogen) atoms. The van der Waals surface area contributed by atoms with Crippen molar-refractivity contribution >= 4 is 27.3 Å². The third-order valence-electron chi connectivity index (χ3n) is 3.93. The van der Waals surface area contributed by atoms with Gasteiger partial charge >= 0.3 is 0 Å². The van der Waals surface area contributed by atoms with Crippen LogP contribution in [0.1, 0.15) is 13.8 Å². The molecule has 0 amide bonds. The molecule has 0 spiro atoms. The highest BCUT2D eigenvalue weighted by Gasteiger charge is 2.38. The van der Waals surface area contributed by atoms with Gasteiger partial charge in [0.25, 0.3) is 0 Å². The lowest BCUT2D eigenvalue weighted by Crippen LogP contribution is -2.58. The zero-order valence-corrected chi connectivity index (χ0v) is 13.8. The number of anilines is 1. The van der Waals surface area contributed by atoms with Crippen LogP contribution in [0.15, 0.2) is 17.0 Å². The Bertz CT molecular complexity index is 664.